The van der Waals surface area contributed by atoms with E-state index in [2.05, 4.69) is 32.8 Å². The van der Waals surface area contributed by atoms with Crippen LogP contribution in [0.1, 0.15) is 48.1 Å². The molecule has 2 heterocycles. The van der Waals surface area contributed by atoms with E-state index in [1.54, 1.807) is 7.11 Å². The van der Waals surface area contributed by atoms with Crippen LogP contribution in [0.15, 0.2) is 18.2 Å². The van der Waals surface area contributed by atoms with Crippen LogP contribution in [0.2, 0.25) is 0 Å². The summed E-state index contributed by atoms with van der Waals surface area (Å²) in [7, 11) is 1.62. The number of nitrogens with zero attached hydrogens (tertiary/aromatic N) is 3. The van der Waals surface area contributed by atoms with Crippen molar-refractivity contribution in [1.82, 2.24) is 20.1 Å². The maximum absolute atomic E-state index is 12.4. The van der Waals surface area contributed by atoms with Crippen LogP contribution in [0.25, 0.3) is 0 Å². The topological polar surface area (TPSA) is 81.1 Å². The fraction of sp³-hybridized carbons (Fsp3) is 0.500. The molecule has 7 nitrogen and oxygen atoms in total. The van der Waals surface area contributed by atoms with Crippen LogP contribution in [0.3, 0.4) is 0 Å². The summed E-state index contributed by atoms with van der Waals surface area (Å²) in [6.07, 6.45) is 5.27. The van der Waals surface area contributed by atoms with Gasteiger partial charge in [-0.2, -0.15) is 5.10 Å². The van der Waals surface area contributed by atoms with Crippen molar-refractivity contribution < 1.29 is 9.53 Å². The second kappa shape index (κ2) is 6.84. The highest BCUT2D eigenvalue weighted by molar-refractivity contribution is 5.89. The first-order valence-electron chi connectivity index (χ1n) is 8.85. The molecule has 2 aliphatic rings. The number of aromatic nitrogens is 3. The number of fused-ring (bicyclic) bond motifs is 2. The number of carbonyl (C=O) groups excluding carboxylic acids is 1. The third-order valence-electron chi connectivity index (χ3n) is 4.85. The molecular weight excluding hydrogens is 318 g/mol. The van der Waals surface area contributed by atoms with Crippen molar-refractivity contribution in [3.05, 3.63) is 41.0 Å². The summed E-state index contributed by atoms with van der Waals surface area (Å²) in [6, 6.07) is 5.85. The fourth-order valence-electron chi connectivity index (χ4n) is 3.70. The molecule has 0 fully saturated rings. The van der Waals surface area contributed by atoms with Crippen molar-refractivity contribution in [2.75, 3.05) is 12.4 Å². The molecule has 0 saturated heterocycles. The van der Waals surface area contributed by atoms with Crippen LogP contribution >= 0.6 is 0 Å². The largest absolute Gasteiger partial charge is 0.377 e. The summed E-state index contributed by atoms with van der Waals surface area (Å²) in [5.74, 6) is 1.47. The number of hydrogen-bond acceptors (Lipinski definition) is 4. The second-order valence-corrected chi connectivity index (χ2v) is 6.67. The molecule has 1 atom stereocenters. The highest BCUT2D eigenvalue weighted by atomic mass is 16.5. The predicted molar refractivity (Wildman–Crippen MR) is 93.3 cm³/mol. The van der Waals surface area contributed by atoms with Crippen LogP contribution in [0.5, 0.6) is 0 Å². The number of urea groups is 1. The van der Waals surface area contributed by atoms with E-state index in [1.807, 2.05) is 10.7 Å². The molecule has 7 heteroatoms. The Balaban J connectivity index is 1.43. The van der Waals surface area contributed by atoms with E-state index in [0.29, 0.717) is 12.4 Å². The lowest BCUT2D eigenvalue weighted by Crippen LogP contribution is -2.36. The lowest BCUT2D eigenvalue weighted by molar-refractivity contribution is 0.177. The van der Waals surface area contributed by atoms with Gasteiger partial charge in [0.25, 0.3) is 0 Å². The first kappa shape index (κ1) is 16.1. The summed E-state index contributed by atoms with van der Waals surface area (Å²) < 4.78 is 6.97. The van der Waals surface area contributed by atoms with Gasteiger partial charge in [-0.25, -0.2) is 14.5 Å². The molecule has 4 rings (SSSR count). The highest BCUT2D eigenvalue weighted by Gasteiger charge is 2.25. The molecule has 2 N–H and O–H groups in total. The number of ether oxygens (including phenoxy) is 1. The molecule has 0 spiro atoms. The van der Waals surface area contributed by atoms with Gasteiger partial charge in [-0.1, -0.05) is 6.07 Å². The first-order valence-corrected chi connectivity index (χ1v) is 8.85. The van der Waals surface area contributed by atoms with E-state index in [9.17, 15) is 4.79 Å². The first-order chi connectivity index (χ1) is 12.2. The maximum atomic E-state index is 12.4. The average Bonchev–Trinajstić information content (AvgIpc) is 3.21. The summed E-state index contributed by atoms with van der Waals surface area (Å²) >= 11 is 0. The van der Waals surface area contributed by atoms with Gasteiger partial charge in [0.05, 0.1) is 6.04 Å². The minimum atomic E-state index is -0.201. The molecule has 2 amide bonds. The van der Waals surface area contributed by atoms with Crippen molar-refractivity contribution in [3.63, 3.8) is 0 Å². The third-order valence-corrected chi connectivity index (χ3v) is 4.85. The SMILES string of the molecule is COCc1nc2n(n1)CCC[C@H]2NC(=O)Nc1ccc2c(c1)CCC2. The van der Waals surface area contributed by atoms with Gasteiger partial charge >= 0.3 is 6.03 Å². The van der Waals surface area contributed by atoms with E-state index in [4.69, 9.17) is 4.74 Å². The van der Waals surface area contributed by atoms with Crippen molar-refractivity contribution in [2.24, 2.45) is 0 Å². The number of amides is 2. The third kappa shape index (κ3) is 3.37. The van der Waals surface area contributed by atoms with Gasteiger partial charge in [-0.3, -0.25) is 0 Å². The summed E-state index contributed by atoms with van der Waals surface area (Å²) in [4.78, 5) is 16.9. The van der Waals surface area contributed by atoms with Crippen molar-refractivity contribution in [1.29, 1.82) is 0 Å². The quantitative estimate of drug-likeness (QED) is 0.895. The average molecular weight is 341 g/mol. The molecule has 2 aromatic rings. The Morgan fingerprint density at radius 3 is 3.08 bits per heavy atom. The molecule has 132 valence electrons. The Morgan fingerprint density at radius 2 is 2.20 bits per heavy atom. The van der Waals surface area contributed by atoms with Crippen LogP contribution in [0.4, 0.5) is 10.5 Å². The fourth-order valence-corrected chi connectivity index (χ4v) is 3.70. The lowest BCUT2D eigenvalue weighted by Gasteiger charge is -2.23. The number of rotatable bonds is 4. The summed E-state index contributed by atoms with van der Waals surface area (Å²) in [5, 5.41) is 10.4. The molecule has 0 radical (unpaired) electrons. The predicted octanol–water partition coefficient (Wildman–Crippen LogP) is 2.57. The van der Waals surface area contributed by atoms with Gasteiger partial charge in [0, 0.05) is 19.3 Å². The molecule has 1 aromatic carbocycles. The Hall–Kier alpha value is -2.41. The zero-order valence-corrected chi connectivity index (χ0v) is 14.4. The van der Waals surface area contributed by atoms with Gasteiger partial charge in [-0.15, -0.1) is 0 Å². The van der Waals surface area contributed by atoms with Crippen LogP contribution < -0.4 is 10.6 Å². The van der Waals surface area contributed by atoms with E-state index in [0.717, 1.165) is 43.7 Å². The summed E-state index contributed by atoms with van der Waals surface area (Å²) in [5.41, 5.74) is 3.59. The van der Waals surface area contributed by atoms with Crippen molar-refractivity contribution in [3.8, 4) is 0 Å². The minimum Gasteiger partial charge on any atom is -0.377 e. The Bertz CT molecular complexity index is 786. The van der Waals surface area contributed by atoms with Gasteiger partial charge in [-0.05, 0) is 55.4 Å². The molecule has 0 saturated carbocycles. The maximum Gasteiger partial charge on any atom is 0.319 e. The lowest BCUT2D eigenvalue weighted by atomic mass is 10.1. The monoisotopic (exact) mass is 341 g/mol. The minimum absolute atomic E-state index is 0.124. The smallest absolute Gasteiger partial charge is 0.319 e. The number of benzene rings is 1. The van der Waals surface area contributed by atoms with E-state index < -0.39 is 0 Å². The molecule has 0 unspecified atom stereocenters. The molecule has 1 aliphatic carbocycles. The molecule has 25 heavy (non-hydrogen) atoms. The molecule has 1 aromatic heterocycles. The van der Waals surface area contributed by atoms with Gasteiger partial charge in [0.2, 0.25) is 0 Å². The number of anilines is 1. The normalized spacial score (nSPS) is 18.5. The Kier molecular flexibility index (Phi) is 4.40. The molecule has 1 aliphatic heterocycles. The molecular formula is C18H23N5O2. The van der Waals surface area contributed by atoms with Crippen molar-refractivity contribution in [2.45, 2.75) is 51.3 Å². The van der Waals surface area contributed by atoms with E-state index in [1.165, 1.54) is 17.5 Å². The molecule has 0 bridgehead atoms. The van der Waals surface area contributed by atoms with Gasteiger partial charge < -0.3 is 15.4 Å². The summed E-state index contributed by atoms with van der Waals surface area (Å²) in [6.45, 7) is 1.21. The zero-order valence-electron chi connectivity index (χ0n) is 14.4. The highest BCUT2D eigenvalue weighted by Crippen LogP contribution is 2.26. The van der Waals surface area contributed by atoms with Crippen molar-refractivity contribution >= 4 is 11.7 Å². The standard InChI is InChI=1S/C18H23N5O2/c1-25-11-16-21-17-15(6-3-9-23(17)22-16)20-18(24)19-14-8-7-12-4-2-5-13(12)10-14/h7-8,10,15H,2-6,9,11H2,1H3,(H2,19,20,24)/t15-/m1/s1. The number of carbonyl (C=O) groups is 1. The van der Waals surface area contributed by atoms with Gasteiger partial charge in [0.15, 0.2) is 5.82 Å². The van der Waals surface area contributed by atoms with E-state index in [-0.39, 0.29) is 12.1 Å². The van der Waals surface area contributed by atoms with Crippen LogP contribution in [0, 0.1) is 0 Å². The Labute approximate surface area is 146 Å². The number of nitrogens with one attached hydrogen (secondary N) is 2. The van der Waals surface area contributed by atoms with Crippen LogP contribution in [-0.4, -0.2) is 27.9 Å². The number of hydrogen-bond donors (Lipinski definition) is 2. The van der Waals surface area contributed by atoms with Crippen LogP contribution in [-0.2, 0) is 30.7 Å². The van der Waals surface area contributed by atoms with E-state index >= 15 is 0 Å². The zero-order chi connectivity index (χ0) is 17.2. The second-order valence-electron chi connectivity index (χ2n) is 6.67. The number of methoxy groups -OCH3 is 1. The number of aryl methyl sites for hydroxylation is 3. The van der Waals surface area contributed by atoms with Gasteiger partial charge in [0.1, 0.15) is 12.4 Å². The Morgan fingerprint density at radius 1 is 1.32 bits per heavy atom.